The van der Waals surface area contributed by atoms with Crippen LogP contribution in [0.25, 0.3) is 4.85 Å². The summed E-state index contributed by atoms with van der Waals surface area (Å²) in [5.74, 6) is 0. The Morgan fingerprint density at radius 2 is 2.08 bits per heavy atom. The first-order chi connectivity index (χ1) is 6.24. The zero-order chi connectivity index (χ0) is 9.68. The van der Waals surface area contributed by atoms with Crippen molar-refractivity contribution in [3.63, 3.8) is 0 Å². The van der Waals surface area contributed by atoms with Crippen molar-refractivity contribution in [3.05, 3.63) is 41.2 Å². The lowest BCUT2D eigenvalue weighted by molar-refractivity contribution is 0.393. The summed E-state index contributed by atoms with van der Waals surface area (Å²) in [6.07, 6.45) is 0. The van der Waals surface area contributed by atoms with Crippen molar-refractivity contribution < 1.29 is 8.39 Å². The molecular formula is C9H9NO2S. The summed E-state index contributed by atoms with van der Waals surface area (Å²) in [7, 11) is 0. The third-order valence-electron chi connectivity index (χ3n) is 1.44. The van der Waals surface area contributed by atoms with Gasteiger partial charge in [0, 0.05) is 0 Å². The van der Waals surface area contributed by atoms with Crippen molar-refractivity contribution in [1.29, 1.82) is 0 Å². The highest BCUT2D eigenvalue weighted by Gasteiger charge is 2.04. The van der Waals surface area contributed by atoms with Crippen molar-refractivity contribution in [2.45, 2.75) is 11.8 Å². The quantitative estimate of drug-likeness (QED) is 0.690. The SMILES string of the molecule is [C-]#[N+]COS(=O)c1ccc(C)cc1. The van der Waals surface area contributed by atoms with Gasteiger partial charge in [0.05, 0.1) is 4.90 Å². The summed E-state index contributed by atoms with van der Waals surface area (Å²) in [5, 5.41) is 0. The second-order valence-electron chi connectivity index (χ2n) is 2.45. The van der Waals surface area contributed by atoms with Gasteiger partial charge in [-0.1, -0.05) is 17.7 Å². The van der Waals surface area contributed by atoms with E-state index in [1.165, 1.54) is 0 Å². The van der Waals surface area contributed by atoms with Crippen molar-refractivity contribution in [3.8, 4) is 0 Å². The van der Waals surface area contributed by atoms with E-state index in [-0.39, 0.29) is 6.73 Å². The first-order valence-electron chi connectivity index (χ1n) is 3.69. The highest BCUT2D eigenvalue weighted by molar-refractivity contribution is 7.80. The summed E-state index contributed by atoms with van der Waals surface area (Å²) in [6.45, 7) is 8.24. The molecule has 0 fully saturated rings. The van der Waals surface area contributed by atoms with E-state index >= 15 is 0 Å². The largest absolute Gasteiger partial charge is 0.330 e. The Bertz CT molecular complexity index is 340. The van der Waals surface area contributed by atoms with Crippen LogP contribution in [0.1, 0.15) is 5.56 Å². The minimum Gasteiger partial charge on any atom is -0.285 e. The molecule has 3 nitrogen and oxygen atoms in total. The van der Waals surface area contributed by atoms with E-state index in [1.54, 1.807) is 12.1 Å². The summed E-state index contributed by atoms with van der Waals surface area (Å²) in [5.41, 5.74) is 1.10. The molecule has 1 atom stereocenters. The normalized spacial score (nSPS) is 12.0. The topological polar surface area (TPSA) is 30.7 Å². The lowest BCUT2D eigenvalue weighted by Crippen LogP contribution is -1.96. The van der Waals surface area contributed by atoms with Crippen molar-refractivity contribution in [1.82, 2.24) is 0 Å². The fraction of sp³-hybridized carbons (Fsp3) is 0.222. The van der Waals surface area contributed by atoms with Crippen LogP contribution in [-0.4, -0.2) is 10.9 Å². The van der Waals surface area contributed by atoms with Gasteiger partial charge in [0.1, 0.15) is 0 Å². The molecule has 0 spiro atoms. The van der Waals surface area contributed by atoms with Crippen LogP contribution in [0.3, 0.4) is 0 Å². The van der Waals surface area contributed by atoms with Crippen LogP contribution in [0.5, 0.6) is 0 Å². The van der Waals surface area contributed by atoms with Gasteiger partial charge in [-0.2, -0.15) is 0 Å². The molecule has 0 N–H and O–H groups in total. The van der Waals surface area contributed by atoms with Gasteiger partial charge in [-0.3, -0.25) is 4.85 Å². The Balaban J connectivity index is 2.68. The minimum absolute atomic E-state index is 0.166. The fourth-order valence-corrected chi connectivity index (χ4v) is 1.43. The fourth-order valence-electron chi connectivity index (χ4n) is 0.792. The third-order valence-corrected chi connectivity index (χ3v) is 2.41. The predicted octanol–water partition coefficient (Wildman–Crippen LogP) is 1.91. The van der Waals surface area contributed by atoms with E-state index in [9.17, 15) is 4.21 Å². The van der Waals surface area contributed by atoms with Gasteiger partial charge in [0.25, 0.3) is 0 Å². The molecule has 0 aliphatic carbocycles. The van der Waals surface area contributed by atoms with E-state index in [2.05, 4.69) is 4.85 Å². The van der Waals surface area contributed by atoms with E-state index in [1.807, 2.05) is 19.1 Å². The number of hydrogen-bond donors (Lipinski definition) is 0. The lowest BCUT2D eigenvalue weighted by atomic mass is 10.2. The number of nitrogens with zero attached hydrogens (tertiary/aromatic N) is 1. The molecule has 0 saturated carbocycles. The zero-order valence-electron chi connectivity index (χ0n) is 7.19. The van der Waals surface area contributed by atoms with Gasteiger partial charge in [0.15, 0.2) is 11.1 Å². The van der Waals surface area contributed by atoms with Crippen molar-refractivity contribution in [2.24, 2.45) is 0 Å². The summed E-state index contributed by atoms with van der Waals surface area (Å²) < 4.78 is 16.0. The van der Waals surface area contributed by atoms with Crippen LogP contribution in [-0.2, 0) is 15.3 Å². The highest BCUT2D eigenvalue weighted by atomic mass is 32.2. The van der Waals surface area contributed by atoms with Crippen LogP contribution in [0.4, 0.5) is 0 Å². The molecule has 1 aromatic rings. The maximum atomic E-state index is 11.3. The molecule has 4 heteroatoms. The molecular weight excluding hydrogens is 186 g/mol. The number of hydrogen-bond acceptors (Lipinski definition) is 2. The van der Waals surface area contributed by atoms with Crippen LogP contribution in [0.2, 0.25) is 0 Å². The Labute approximate surface area is 79.8 Å². The monoisotopic (exact) mass is 195 g/mol. The molecule has 0 radical (unpaired) electrons. The second-order valence-corrected chi connectivity index (χ2v) is 3.63. The van der Waals surface area contributed by atoms with Crippen LogP contribution in [0, 0.1) is 13.5 Å². The van der Waals surface area contributed by atoms with Gasteiger partial charge in [-0.15, -0.1) is 0 Å². The van der Waals surface area contributed by atoms with Gasteiger partial charge in [0.2, 0.25) is 0 Å². The molecule has 1 rings (SSSR count). The summed E-state index contributed by atoms with van der Waals surface area (Å²) in [6, 6.07) is 7.17. The number of aryl methyl sites for hydroxylation is 1. The highest BCUT2D eigenvalue weighted by Crippen LogP contribution is 2.08. The molecule has 0 bridgehead atoms. The summed E-state index contributed by atoms with van der Waals surface area (Å²) >= 11 is -1.51. The molecule has 0 heterocycles. The third kappa shape index (κ3) is 2.98. The summed E-state index contributed by atoms with van der Waals surface area (Å²) in [4.78, 5) is 3.55. The van der Waals surface area contributed by atoms with Crippen molar-refractivity contribution >= 4 is 11.1 Å². The standard InChI is InChI=1S/C9H9NO2S/c1-8-3-5-9(6-4-8)13(11)12-7-10-2/h3-6H,7H2,1H3. The van der Waals surface area contributed by atoms with Gasteiger partial charge in [-0.05, 0) is 19.1 Å². The van der Waals surface area contributed by atoms with E-state index in [0.29, 0.717) is 4.90 Å². The molecule has 0 aromatic heterocycles. The Kier molecular flexibility index (Phi) is 3.62. The molecule has 0 saturated heterocycles. The van der Waals surface area contributed by atoms with Crippen LogP contribution >= 0.6 is 0 Å². The number of rotatable bonds is 3. The molecule has 0 aliphatic heterocycles. The smallest absolute Gasteiger partial charge is 0.285 e. The minimum atomic E-state index is -1.51. The zero-order valence-corrected chi connectivity index (χ0v) is 8.00. The molecule has 0 aliphatic rings. The van der Waals surface area contributed by atoms with E-state index in [4.69, 9.17) is 10.8 Å². The first-order valence-corrected chi connectivity index (χ1v) is 4.76. The van der Waals surface area contributed by atoms with Crippen molar-refractivity contribution in [2.75, 3.05) is 6.73 Å². The van der Waals surface area contributed by atoms with Crippen LogP contribution in [0.15, 0.2) is 29.2 Å². The van der Waals surface area contributed by atoms with Gasteiger partial charge >= 0.3 is 6.73 Å². The Morgan fingerprint density at radius 1 is 1.46 bits per heavy atom. The molecule has 68 valence electrons. The van der Waals surface area contributed by atoms with Gasteiger partial charge in [-0.25, -0.2) is 15.0 Å². The maximum absolute atomic E-state index is 11.3. The Morgan fingerprint density at radius 3 is 2.62 bits per heavy atom. The van der Waals surface area contributed by atoms with E-state index in [0.717, 1.165) is 5.56 Å². The molecule has 1 aromatic carbocycles. The predicted molar refractivity (Wildman–Crippen MR) is 50.1 cm³/mol. The average molecular weight is 195 g/mol. The maximum Gasteiger partial charge on any atom is 0.330 e. The van der Waals surface area contributed by atoms with Crippen LogP contribution < -0.4 is 0 Å². The lowest BCUT2D eigenvalue weighted by Gasteiger charge is -1.98. The first kappa shape index (κ1) is 9.90. The average Bonchev–Trinajstić information content (AvgIpc) is 2.15. The Hall–Kier alpha value is -1.18. The van der Waals surface area contributed by atoms with Gasteiger partial charge < -0.3 is 0 Å². The number of benzene rings is 1. The molecule has 13 heavy (non-hydrogen) atoms. The molecule has 1 unspecified atom stereocenters. The molecule has 0 amide bonds. The van der Waals surface area contributed by atoms with E-state index < -0.39 is 11.1 Å². The second kappa shape index (κ2) is 4.75.